The van der Waals surface area contributed by atoms with Crippen molar-refractivity contribution in [2.75, 3.05) is 13.2 Å². The predicted octanol–water partition coefficient (Wildman–Crippen LogP) is 2.80. The van der Waals surface area contributed by atoms with Crippen LogP contribution in [0.5, 0.6) is 5.88 Å². The summed E-state index contributed by atoms with van der Waals surface area (Å²) < 4.78 is 41.1. The molecule has 0 saturated heterocycles. The molecule has 1 aromatic carbocycles. The van der Waals surface area contributed by atoms with Crippen LogP contribution >= 0.6 is 0 Å². The molecule has 0 aliphatic carbocycles. The number of carbonyl (C=O) groups excluding carboxylic acids is 1. The number of hydrogen-bond donors (Lipinski definition) is 2. The molecule has 0 aliphatic rings. The quantitative estimate of drug-likeness (QED) is 0.769. The van der Waals surface area contributed by atoms with E-state index in [2.05, 4.69) is 15.0 Å². The van der Waals surface area contributed by atoms with Crippen LogP contribution in [0.4, 0.5) is 13.2 Å². The van der Waals surface area contributed by atoms with Crippen molar-refractivity contribution in [1.82, 2.24) is 10.3 Å². The molecule has 0 saturated carbocycles. The van der Waals surface area contributed by atoms with Gasteiger partial charge < -0.3 is 15.2 Å². The van der Waals surface area contributed by atoms with Gasteiger partial charge >= 0.3 is 12.1 Å². The molecule has 27 heavy (non-hydrogen) atoms. The number of alkyl halides is 3. The number of pyridine rings is 1. The van der Waals surface area contributed by atoms with Gasteiger partial charge in [-0.3, -0.25) is 9.59 Å². The van der Waals surface area contributed by atoms with Gasteiger partial charge in [0.25, 0.3) is 5.91 Å². The van der Waals surface area contributed by atoms with Gasteiger partial charge in [0.05, 0.1) is 0 Å². The van der Waals surface area contributed by atoms with Crippen LogP contribution in [0.15, 0.2) is 48.7 Å². The fraction of sp³-hybridized carbons (Fsp3) is 0.278. The first-order chi connectivity index (χ1) is 12.6. The highest BCUT2D eigenvalue weighted by Crippen LogP contribution is 2.23. The Labute approximate surface area is 153 Å². The van der Waals surface area contributed by atoms with E-state index in [1.807, 2.05) is 0 Å². The molecular weight excluding hydrogens is 365 g/mol. The molecule has 0 bridgehead atoms. The summed E-state index contributed by atoms with van der Waals surface area (Å²) in [6.07, 6.45) is -3.40. The molecule has 9 heteroatoms. The maximum absolute atomic E-state index is 12.3. The van der Waals surface area contributed by atoms with Gasteiger partial charge in [0.15, 0.2) is 6.61 Å². The van der Waals surface area contributed by atoms with E-state index in [9.17, 15) is 27.9 Å². The van der Waals surface area contributed by atoms with Gasteiger partial charge in [0.1, 0.15) is 5.41 Å². The number of nitrogens with one attached hydrogen (secondary N) is 1. The Bertz CT molecular complexity index is 812. The lowest BCUT2D eigenvalue weighted by atomic mass is 9.82. The molecule has 144 valence electrons. The zero-order valence-electron chi connectivity index (χ0n) is 14.3. The summed E-state index contributed by atoms with van der Waals surface area (Å²) in [5.41, 5.74) is -0.871. The van der Waals surface area contributed by atoms with E-state index in [0.29, 0.717) is 5.56 Å². The van der Waals surface area contributed by atoms with Crippen molar-refractivity contribution in [3.05, 3.63) is 59.8 Å². The van der Waals surface area contributed by atoms with Crippen molar-refractivity contribution in [3.8, 4) is 5.88 Å². The Morgan fingerprint density at radius 1 is 1.19 bits per heavy atom. The van der Waals surface area contributed by atoms with Crippen molar-refractivity contribution in [2.45, 2.75) is 18.5 Å². The smallest absolute Gasteiger partial charge is 0.422 e. The summed E-state index contributed by atoms with van der Waals surface area (Å²) in [7, 11) is 0. The number of ether oxygens (including phenoxy) is 1. The summed E-state index contributed by atoms with van der Waals surface area (Å²) in [5, 5.41) is 12.1. The van der Waals surface area contributed by atoms with Gasteiger partial charge in [0.2, 0.25) is 5.88 Å². The lowest BCUT2D eigenvalue weighted by Crippen LogP contribution is -2.44. The number of halogens is 3. The van der Waals surface area contributed by atoms with Crippen molar-refractivity contribution in [1.29, 1.82) is 0 Å². The average Bonchev–Trinajstić information content (AvgIpc) is 2.64. The number of carboxylic acids is 1. The molecule has 2 aromatic rings. The van der Waals surface area contributed by atoms with Gasteiger partial charge in [-0.05, 0) is 18.6 Å². The highest BCUT2D eigenvalue weighted by atomic mass is 19.4. The Balaban J connectivity index is 2.09. The molecule has 0 fully saturated rings. The minimum atomic E-state index is -4.53. The molecule has 6 nitrogen and oxygen atoms in total. The molecule has 2 N–H and O–H groups in total. The number of carbonyl (C=O) groups is 2. The van der Waals surface area contributed by atoms with E-state index in [0.717, 1.165) is 12.3 Å². The molecule has 1 unspecified atom stereocenters. The minimum Gasteiger partial charge on any atom is -0.481 e. The first-order valence-corrected chi connectivity index (χ1v) is 7.84. The second-order valence-corrected chi connectivity index (χ2v) is 5.97. The summed E-state index contributed by atoms with van der Waals surface area (Å²) in [5.74, 6) is -2.14. The van der Waals surface area contributed by atoms with Gasteiger partial charge in [-0.25, -0.2) is 4.98 Å². The van der Waals surface area contributed by atoms with E-state index in [4.69, 9.17) is 0 Å². The molecular formula is C18H17F3N2O4. The van der Waals surface area contributed by atoms with Gasteiger partial charge in [-0.1, -0.05) is 30.3 Å². The van der Waals surface area contributed by atoms with E-state index >= 15 is 0 Å². The SMILES string of the molecule is CC(CNC(=O)c1ccnc(OCC(F)(F)F)c1)(C(=O)O)c1ccccc1. The van der Waals surface area contributed by atoms with Crippen molar-refractivity contribution in [3.63, 3.8) is 0 Å². The lowest BCUT2D eigenvalue weighted by molar-refractivity contribution is -0.154. The molecule has 0 radical (unpaired) electrons. The Morgan fingerprint density at radius 3 is 2.44 bits per heavy atom. The molecule has 2 rings (SSSR count). The van der Waals surface area contributed by atoms with Crippen LogP contribution in [0.3, 0.4) is 0 Å². The third kappa shape index (κ3) is 5.44. The number of hydrogen-bond acceptors (Lipinski definition) is 4. The zero-order valence-corrected chi connectivity index (χ0v) is 14.3. The van der Waals surface area contributed by atoms with Crippen LogP contribution in [0.1, 0.15) is 22.8 Å². The second kappa shape index (κ2) is 8.07. The van der Waals surface area contributed by atoms with Crippen molar-refractivity contribution >= 4 is 11.9 Å². The van der Waals surface area contributed by atoms with Crippen LogP contribution in [0, 0.1) is 0 Å². The Hall–Kier alpha value is -3.10. The summed E-state index contributed by atoms with van der Waals surface area (Å²) in [4.78, 5) is 27.6. The first-order valence-electron chi connectivity index (χ1n) is 7.84. The summed E-state index contributed by atoms with van der Waals surface area (Å²) in [6, 6.07) is 10.7. The molecule has 0 spiro atoms. The van der Waals surface area contributed by atoms with Gasteiger partial charge in [-0.2, -0.15) is 13.2 Å². The number of benzene rings is 1. The number of nitrogens with zero attached hydrogens (tertiary/aromatic N) is 1. The Kier molecular flexibility index (Phi) is 6.04. The number of aromatic nitrogens is 1. The molecule has 0 aliphatic heterocycles. The predicted molar refractivity (Wildman–Crippen MR) is 89.6 cm³/mol. The number of aliphatic carboxylic acids is 1. The van der Waals surface area contributed by atoms with Crippen LogP contribution in [-0.2, 0) is 10.2 Å². The Morgan fingerprint density at radius 2 is 1.85 bits per heavy atom. The lowest BCUT2D eigenvalue weighted by Gasteiger charge is -2.25. The summed E-state index contributed by atoms with van der Waals surface area (Å²) in [6.45, 7) is -0.280. The van der Waals surface area contributed by atoms with Crippen molar-refractivity contribution < 1.29 is 32.6 Å². The molecule has 1 heterocycles. The fourth-order valence-corrected chi connectivity index (χ4v) is 2.25. The molecule has 1 aromatic heterocycles. The minimum absolute atomic E-state index is 0.00275. The number of amides is 1. The zero-order chi connectivity index (χ0) is 20.1. The third-order valence-electron chi connectivity index (χ3n) is 3.87. The van der Waals surface area contributed by atoms with Crippen molar-refractivity contribution in [2.24, 2.45) is 0 Å². The maximum Gasteiger partial charge on any atom is 0.422 e. The maximum atomic E-state index is 12.3. The van der Waals surface area contributed by atoms with E-state index < -0.39 is 30.1 Å². The van der Waals surface area contributed by atoms with E-state index in [1.165, 1.54) is 13.0 Å². The average molecular weight is 382 g/mol. The fourth-order valence-electron chi connectivity index (χ4n) is 2.25. The standard InChI is InChI=1S/C18H17F3N2O4/c1-17(16(25)26,13-5-3-2-4-6-13)10-23-15(24)12-7-8-22-14(9-12)27-11-18(19,20)21/h2-9H,10-11H2,1H3,(H,23,24)(H,25,26). The van der Waals surface area contributed by atoms with Gasteiger partial charge in [-0.15, -0.1) is 0 Å². The topological polar surface area (TPSA) is 88.5 Å². The number of carboxylic acid groups (broad SMARTS) is 1. The molecule has 1 atom stereocenters. The second-order valence-electron chi connectivity index (χ2n) is 5.97. The highest BCUT2D eigenvalue weighted by Gasteiger charge is 2.35. The van der Waals surface area contributed by atoms with Gasteiger partial charge in [0, 0.05) is 24.4 Å². The molecule has 1 amide bonds. The first kappa shape index (κ1) is 20.2. The van der Waals surface area contributed by atoms with E-state index in [1.54, 1.807) is 30.3 Å². The highest BCUT2D eigenvalue weighted by molar-refractivity contribution is 5.95. The number of rotatable bonds is 7. The van der Waals surface area contributed by atoms with Crippen LogP contribution in [-0.4, -0.2) is 41.3 Å². The van der Waals surface area contributed by atoms with Crippen LogP contribution < -0.4 is 10.1 Å². The monoisotopic (exact) mass is 382 g/mol. The van der Waals surface area contributed by atoms with E-state index in [-0.39, 0.29) is 18.0 Å². The van der Waals surface area contributed by atoms with Crippen LogP contribution in [0.25, 0.3) is 0 Å². The summed E-state index contributed by atoms with van der Waals surface area (Å²) >= 11 is 0. The largest absolute Gasteiger partial charge is 0.481 e. The normalized spacial score (nSPS) is 13.5. The third-order valence-corrected chi connectivity index (χ3v) is 3.87. The van der Waals surface area contributed by atoms with Crippen LogP contribution in [0.2, 0.25) is 0 Å².